The first kappa shape index (κ1) is 14.8. The predicted molar refractivity (Wildman–Crippen MR) is 202 cm³/mol. The summed E-state index contributed by atoms with van der Waals surface area (Å²) in [5.74, 6) is 0. The lowest BCUT2D eigenvalue weighted by atomic mass is 9.79. The Morgan fingerprint density at radius 1 is 0.426 bits per heavy atom. The van der Waals surface area contributed by atoms with Gasteiger partial charge in [0.2, 0.25) is 0 Å². The molecule has 0 fully saturated rings. The molecule has 0 heteroatoms. The highest BCUT2D eigenvalue weighted by molar-refractivity contribution is 6.25. The van der Waals surface area contributed by atoms with Crippen molar-refractivity contribution in [1.82, 2.24) is 0 Å². The maximum Gasteiger partial charge on any atom is 0.0630 e. The van der Waals surface area contributed by atoms with Gasteiger partial charge in [0, 0.05) is 5.41 Å². The zero-order valence-electron chi connectivity index (χ0n) is 42.2. The molecule has 0 N–H and O–H groups in total. The minimum atomic E-state index is -0.798. The first-order valence-electron chi connectivity index (χ1n) is 23.7. The molecule has 0 nitrogen and oxygen atoms in total. The van der Waals surface area contributed by atoms with Crippen molar-refractivity contribution in [2.45, 2.75) is 19.3 Å². The van der Waals surface area contributed by atoms with E-state index in [4.69, 9.17) is 15.1 Å². The average Bonchev–Trinajstić information content (AvgIpc) is 3.52. The summed E-state index contributed by atoms with van der Waals surface area (Å²) in [6, 6.07) is 5.81. The van der Waals surface area contributed by atoms with Gasteiger partial charge in [-0.2, -0.15) is 0 Å². The topological polar surface area (TPSA) is 0 Å². The molecule has 10 rings (SSSR count). The highest BCUT2D eigenvalue weighted by atomic mass is 14.4. The fourth-order valence-electron chi connectivity index (χ4n) is 7.54. The second-order valence-corrected chi connectivity index (χ2v) is 12.3. The fourth-order valence-corrected chi connectivity index (χ4v) is 7.54. The second-order valence-electron chi connectivity index (χ2n) is 12.3. The predicted octanol–water partition coefficient (Wildman–Crippen LogP) is 13.1. The van der Waals surface area contributed by atoms with Crippen molar-refractivity contribution in [3.05, 3.63) is 168 Å². The van der Waals surface area contributed by atoms with Crippen LogP contribution in [0.3, 0.4) is 0 Å². The largest absolute Gasteiger partial charge is 0.0630 e. The molecule has 1 aliphatic carbocycles. The van der Waals surface area contributed by atoms with Gasteiger partial charge in [-0.05, 0) is 104 Å². The van der Waals surface area contributed by atoms with E-state index in [1.54, 1.807) is 6.07 Å². The zero-order valence-corrected chi connectivity index (χ0v) is 25.2. The maximum atomic E-state index is 9.52. The highest BCUT2D eigenvalue weighted by Crippen LogP contribution is 2.53. The van der Waals surface area contributed by atoms with Gasteiger partial charge in [-0.1, -0.05) is 165 Å². The van der Waals surface area contributed by atoms with Gasteiger partial charge in [0.05, 0.1) is 23.3 Å². The number of benzene rings is 9. The first-order chi connectivity index (χ1) is 30.2. The van der Waals surface area contributed by atoms with Crippen molar-refractivity contribution in [3.63, 3.8) is 0 Å². The third-order valence-corrected chi connectivity index (χ3v) is 9.58. The SMILES string of the molecule is [2H]c1c([2H])c([2H])c2c(-c3c([2H])c([2H])c([2H])c4c3c([2H])c([2H])c3c([2H])c([2H])c([2H])c([2H])c34)c3c([2H])c([2H])c([2H])c([2H])c3c(-c3ccc4c(c3)C(C)(C)c3c-4ccc4ccccc34)c2c1[2H]. The molecule has 47 heavy (non-hydrogen) atoms. The van der Waals surface area contributed by atoms with Crippen LogP contribution >= 0.6 is 0 Å². The van der Waals surface area contributed by atoms with Gasteiger partial charge in [0.15, 0.2) is 0 Å². The Morgan fingerprint density at radius 3 is 1.83 bits per heavy atom. The summed E-state index contributed by atoms with van der Waals surface area (Å²) in [6.07, 6.45) is 0. The quantitative estimate of drug-likeness (QED) is 0.134. The molecular formula is C47H32. The van der Waals surface area contributed by atoms with E-state index in [2.05, 4.69) is 26.0 Å². The van der Waals surface area contributed by atoms with Gasteiger partial charge < -0.3 is 0 Å². The van der Waals surface area contributed by atoms with E-state index in [1.165, 1.54) is 0 Å². The van der Waals surface area contributed by atoms with E-state index in [0.29, 0.717) is 5.56 Å². The van der Waals surface area contributed by atoms with Crippen LogP contribution in [0.1, 0.15) is 48.3 Å². The van der Waals surface area contributed by atoms with Gasteiger partial charge in [0.1, 0.15) is 0 Å². The van der Waals surface area contributed by atoms with Gasteiger partial charge in [0.25, 0.3) is 0 Å². The molecule has 0 unspecified atom stereocenters. The summed E-state index contributed by atoms with van der Waals surface area (Å²) in [5, 5.41) is -0.565. The van der Waals surface area contributed by atoms with Crippen LogP contribution in [0.5, 0.6) is 0 Å². The molecule has 9 aromatic carbocycles. The Balaban J connectivity index is 1.47. The molecule has 0 aliphatic heterocycles. The summed E-state index contributed by atoms with van der Waals surface area (Å²) in [5.41, 5.74) is 2.75. The van der Waals surface area contributed by atoms with Gasteiger partial charge >= 0.3 is 0 Å². The van der Waals surface area contributed by atoms with Crippen molar-refractivity contribution in [2.75, 3.05) is 0 Å². The molecule has 0 spiro atoms. The summed E-state index contributed by atoms with van der Waals surface area (Å²) < 4.78 is 154. The van der Waals surface area contributed by atoms with E-state index >= 15 is 0 Å². The van der Waals surface area contributed by atoms with Crippen LogP contribution in [0.2, 0.25) is 0 Å². The zero-order chi connectivity index (χ0) is 46.1. The monoisotopic (exact) mass is 613 g/mol. The summed E-state index contributed by atoms with van der Waals surface area (Å²) in [7, 11) is 0. The van der Waals surface area contributed by atoms with Crippen LogP contribution in [0.4, 0.5) is 0 Å². The Labute approximate surface area is 298 Å². The van der Waals surface area contributed by atoms with E-state index in [0.717, 1.165) is 33.0 Å². The Hall–Kier alpha value is -5.72. The van der Waals surface area contributed by atoms with Crippen molar-refractivity contribution in [3.8, 4) is 33.4 Å². The second kappa shape index (κ2) is 9.64. The van der Waals surface area contributed by atoms with Crippen molar-refractivity contribution >= 4 is 53.9 Å². The highest BCUT2D eigenvalue weighted by Gasteiger charge is 2.37. The molecular weight excluding hydrogens is 565 g/mol. The van der Waals surface area contributed by atoms with Gasteiger partial charge in [-0.25, -0.2) is 0 Å². The number of hydrogen-bond acceptors (Lipinski definition) is 0. The van der Waals surface area contributed by atoms with E-state index < -0.39 is 130 Å². The van der Waals surface area contributed by atoms with Crippen LogP contribution in [0.15, 0.2) is 157 Å². The molecule has 0 heterocycles. The lowest BCUT2D eigenvalue weighted by molar-refractivity contribution is 0.666. The Bertz CT molecular complexity index is 3640. The van der Waals surface area contributed by atoms with E-state index in [-0.39, 0.29) is 38.1 Å². The molecule has 0 bridgehead atoms. The van der Waals surface area contributed by atoms with E-state index in [1.807, 2.05) is 36.4 Å². The van der Waals surface area contributed by atoms with Crippen LogP contribution in [-0.2, 0) is 5.41 Å². The van der Waals surface area contributed by atoms with Crippen LogP contribution in [0.25, 0.3) is 87.2 Å². The number of hydrogen-bond donors (Lipinski definition) is 0. The molecule has 0 saturated heterocycles. The maximum absolute atomic E-state index is 9.52. The van der Waals surface area contributed by atoms with Crippen molar-refractivity contribution in [2.24, 2.45) is 0 Å². The molecule has 0 amide bonds. The molecule has 1 aliphatic rings. The van der Waals surface area contributed by atoms with Crippen molar-refractivity contribution in [1.29, 1.82) is 0 Å². The average molecular weight is 614 g/mol. The lowest BCUT2D eigenvalue weighted by Gasteiger charge is -2.24. The summed E-state index contributed by atoms with van der Waals surface area (Å²) in [6.45, 7) is 4.15. The number of fused-ring (bicyclic) bond motifs is 10. The third-order valence-electron chi connectivity index (χ3n) is 9.58. The standard InChI is InChI=1S/C47H32/c1-47(2)43-28-31(24-26-36(43)42-27-23-30-13-4-6-15-33(30)46(42)47)44-38-16-7-9-18-40(38)45(41-19-10-8-17-39(41)44)37-21-11-20-34-32-14-5-3-12-29(32)22-25-35(34)37/h3-28H,1-2H3/i3D,5D,7D,8D,9D,10D,11D,12D,14D,16D,17D,18D,19D,20D,21D,22D,25D. The molecule has 0 atom stereocenters. The van der Waals surface area contributed by atoms with Gasteiger partial charge in [-0.3, -0.25) is 0 Å². The Morgan fingerprint density at radius 2 is 1.06 bits per heavy atom. The van der Waals surface area contributed by atoms with Crippen LogP contribution in [-0.4, -0.2) is 0 Å². The van der Waals surface area contributed by atoms with Crippen molar-refractivity contribution < 1.29 is 23.3 Å². The molecule has 220 valence electrons. The summed E-state index contributed by atoms with van der Waals surface area (Å²) in [4.78, 5) is 0. The Kier molecular flexibility index (Phi) is 3.04. The third kappa shape index (κ3) is 3.64. The van der Waals surface area contributed by atoms with E-state index in [9.17, 15) is 8.22 Å². The normalized spacial score (nSPS) is 18.6. The summed E-state index contributed by atoms with van der Waals surface area (Å²) >= 11 is 0. The number of rotatable bonds is 2. The minimum Gasteiger partial charge on any atom is -0.0616 e. The van der Waals surface area contributed by atoms with Crippen LogP contribution in [0, 0.1) is 0 Å². The molecule has 0 saturated carbocycles. The lowest BCUT2D eigenvalue weighted by Crippen LogP contribution is -2.15. The molecule has 0 aromatic heterocycles. The van der Waals surface area contributed by atoms with Crippen LogP contribution < -0.4 is 0 Å². The van der Waals surface area contributed by atoms with Gasteiger partial charge in [-0.15, -0.1) is 0 Å². The molecule has 0 radical (unpaired) electrons. The molecule has 9 aromatic rings. The first-order valence-corrected chi connectivity index (χ1v) is 15.2. The minimum absolute atomic E-state index is 0.0399. The fraction of sp³-hybridized carbons (Fsp3) is 0.0638. The smallest absolute Gasteiger partial charge is 0.0616 e.